The predicted molar refractivity (Wildman–Crippen MR) is 105 cm³/mol. The van der Waals surface area contributed by atoms with Gasteiger partial charge in [-0.25, -0.2) is 13.2 Å². The zero-order valence-corrected chi connectivity index (χ0v) is 16.9. The minimum Gasteiger partial charge on any atom is -0.444 e. The summed E-state index contributed by atoms with van der Waals surface area (Å²) < 4.78 is 32.1. The maximum atomic E-state index is 12.1. The second kappa shape index (κ2) is 7.70. The highest BCUT2D eigenvalue weighted by molar-refractivity contribution is 7.93. The van der Waals surface area contributed by atoms with Crippen molar-refractivity contribution in [2.24, 2.45) is 0 Å². The molecule has 26 heavy (non-hydrogen) atoms. The Balaban J connectivity index is 2.09. The third-order valence-electron chi connectivity index (χ3n) is 3.97. The van der Waals surface area contributed by atoms with Crippen LogP contribution in [0.25, 0.3) is 5.57 Å². The molecule has 0 radical (unpaired) electrons. The molecule has 0 spiro atoms. The van der Waals surface area contributed by atoms with Gasteiger partial charge < -0.3 is 9.64 Å². The van der Waals surface area contributed by atoms with Crippen LogP contribution in [0.2, 0.25) is 0 Å². The quantitative estimate of drug-likeness (QED) is 0.860. The molecule has 1 aromatic carbocycles. The molecule has 0 aromatic heterocycles. The van der Waals surface area contributed by atoms with Crippen LogP contribution in [0.3, 0.4) is 0 Å². The van der Waals surface area contributed by atoms with Crippen molar-refractivity contribution in [3.8, 4) is 0 Å². The summed E-state index contributed by atoms with van der Waals surface area (Å²) in [5.74, 6) is 0. The molecule has 0 bridgehead atoms. The molecule has 0 saturated heterocycles. The number of rotatable bonds is 4. The van der Waals surface area contributed by atoms with Crippen molar-refractivity contribution >= 4 is 27.4 Å². The van der Waals surface area contributed by atoms with Gasteiger partial charge in [-0.15, -0.1) is 0 Å². The van der Waals surface area contributed by atoms with E-state index in [9.17, 15) is 13.2 Å². The molecule has 2 rings (SSSR count). The van der Waals surface area contributed by atoms with Gasteiger partial charge in [-0.1, -0.05) is 18.2 Å². The first-order valence-electron chi connectivity index (χ1n) is 8.77. The van der Waals surface area contributed by atoms with Crippen molar-refractivity contribution in [1.82, 2.24) is 4.90 Å². The molecular weight excluding hydrogens is 352 g/mol. The van der Waals surface area contributed by atoms with Crippen LogP contribution in [0.15, 0.2) is 30.3 Å². The fourth-order valence-electron chi connectivity index (χ4n) is 2.49. The van der Waals surface area contributed by atoms with Crippen molar-refractivity contribution in [1.29, 1.82) is 0 Å². The van der Waals surface area contributed by atoms with Gasteiger partial charge >= 0.3 is 6.09 Å². The van der Waals surface area contributed by atoms with E-state index in [2.05, 4.69) is 4.72 Å². The van der Waals surface area contributed by atoms with Gasteiger partial charge in [0.1, 0.15) is 5.60 Å². The van der Waals surface area contributed by atoms with Crippen molar-refractivity contribution in [3.63, 3.8) is 0 Å². The van der Waals surface area contributed by atoms with Gasteiger partial charge in [0.25, 0.3) is 0 Å². The first-order valence-corrected chi connectivity index (χ1v) is 10.3. The van der Waals surface area contributed by atoms with Gasteiger partial charge in [0.05, 0.1) is 5.25 Å². The second-order valence-corrected chi connectivity index (χ2v) is 9.92. The summed E-state index contributed by atoms with van der Waals surface area (Å²) >= 11 is 0. The topological polar surface area (TPSA) is 75.7 Å². The Labute approximate surface area is 156 Å². The van der Waals surface area contributed by atoms with E-state index in [1.54, 1.807) is 24.8 Å². The SMILES string of the molecule is CC(C)S(=O)(=O)Nc1cccc(C2=CCN(C(=O)OC(C)(C)C)CC2)c1. The smallest absolute Gasteiger partial charge is 0.410 e. The summed E-state index contributed by atoms with van der Waals surface area (Å²) in [6.45, 7) is 9.87. The fraction of sp³-hybridized carbons (Fsp3) is 0.526. The molecule has 0 aliphatic carbocycles. The molecule has 1 aliphatic heterocycles. The highest BCUT2D eigenvalue weighted by Gasteiger charge is 2.24. The largest absolute Gasteiger partial charge is 0.444 e. The lowest BCUT2D eigenvalue weighted by Crippen LogP contribution is -2.39. The van der Waals surface area contributed by atoms with E-state index in [1.807, 2.05) is 45.0 Å². The summed E-state index contributed by atoms with van der Waals surface area (Å²) in [6.07, 6.45) is 2.37. The Morgan fingerprint density at radius 3 is 2.50 bits per heavy atom. The van der Waals surface area contributed by atoms with Crippen LogP contribution in [0, 0.1) is 0 Å². The number of hydrogen-bond acceptors (Lipinski definition) is 4. The molecule has 1 amide bonds. The molecule has 1 aliphatic rings. The molecule has 144 valence electrons. The Bertz CT molecular complexity index is 792. The van der Waals surface area contributed by atoms with Crippen LogP contribution in [-0.2, 0) is 14.8 Å². The lowest BCUT2D eigenvalue weighted by molar-refractivity contribution is 0.0270. The number of nitrogens with zero attached hydrogens (tertiary/aromatic N) is 1. The monoisotopic (exact) mass is 380 g/mol. The molecule has 1 N–H and O–H groups in total. The number of carbonyl (C=O) groups excluding carboxylic acids is 1. The summed E-state index contributed by atoms with van der Waals surface area (Å²) in [7, 11) is -3.38. The molecule has 6 nitrogen and oxygen atoms in total. The number of anilines is 1. The van der Waals surface area contributed by atoms with E-state index >= 15 is 0 Å². The maximum absolute atomic E-state index is 12.1. The lowest BCUT2D eigenvalue weighted by atomic mass is 9.99. The highest BCUT2D eigenvalue weighted by Crippen LogP contribution is 2.26. The minimum absolute atomic E-state index is 0.314. The first-order chi connectivity index (χ1) is 12.0. The number of amides is 1. The van der Waals surface area contributed by atoms with Crippen molar-refractivity contribution < 1.29 is 17.9 Å². The van der Waals surface area contributed by atoms with Crippen LogP contribution in [0.5, 0.6) is 0 Å². The van der Waals surface area contributed by atoms with Crippen LogP contribution >= 0.6 is 0 Å². The van der Waals surface area contributed by atoms with Gasteiger partial charge in [-0.05, 0) is 64.3 Å². The van der Waals surface area contributed by atoms with Crippen LogP contribution in [0.1, 0.15) is 46.6 Å². The van der Waals surface area contributed by atoms with Crippen LogP contribution < -0.4 is 4.72 Å². The molecule has 0 unspecified atom stereocenters. The van der Waals surface area contributed by atoms with Gasteiger partial charge in [-0.2, -0.15) is 0 Å². The molecule has 0 saturated carbocycles. The Morgan fingerprint density at radius 2 is 1.96 bits per heavy atom. The number of benzene rings is 1. The summed E-state index contributed by atoms with van der Waals surface area (Å²) in [6, 6.07) is 7.34. The third kappa shape index (κ3) is 5.49. The van der Waals surface area contributed by atoms with Gasteiger partial charge in [0.15, 0.2) is 0 Å². The van der Waals surface area contributed by atoms with Crippen LogP contribution in [-0.4, -0.2) is 43.4 Å². The average molecular weight is 381 g/mol. The van der Waals surface area contributed by atoms with E-state index in [1.165, 1.54) is 0 Å². The Hall–Kier alpha value is -2.02. The Morgan fingerprint density at radius 1 is 1.27 bits per heavy atom. The second-order valence-electron chi connectivity index (χ2n) is 7.68. The summed E-state index contributed by atoms with van der Waals surface area (Å²) in [4.78, 5) is 13.8. The zero-order valence-electron chi connectivity index (χ0n) is 16.1. The van der Waals surface area contributed by atoms with E-state index in [4.69, 9.17) is 4.74 Å². The molecule has 0 fully saturated rings. The van der Waals surface area contributed by atoms with E-state index < -0.39 is 20.9 Å². The van der Waals surface area contributed by atoms with Crippen molar-refractivity contribution in [2.45, 2.75) is 51.9 Å². The van der Waals surface area contributed by atoms with E-state index in [-0.39, 0.29) is 6.09 Å². The first kappa shape index (κ1) is 20.3. The van der Waals surface area contributed by atoms with E-state index in [0.717, 1.165) is 11.1 Å². The zero-order chi connectivity index (χ0) is 19.5. The molecular formula is C19H28N2O4S. The van der Waals surface area contributed by atoms with E-state index in [0.29, 0.717) is 25.2 Å². The van der Waals surface area contributed by atoms with Gasteiger partial charge in [-0.3, -0.25) is 4.72 Å². The standard InChI is InChI=1S/C19H28N2O4S/c1-14(2)26(23,24)20-17-8-6-7-16(13-17)15-9-11-21(12-10-15)18(22)25-19(3,4)5/h6-9,13-14,20H,10-12H2,1-5H3. The normalized spacial score (nSPS) is 15.6. The number of hydrogen-bond donors (Lipinski definition) is 1. The number of sulfonamides is 1. The number of ether oxygens (including phenoxy) is 1. The van der Waals surface area contributed by atoms with Crippen molar-refractivity contribution in [3.05, 3.63) is 35.9 Å². The van der Waals surface area contributed by atoms with Gasteiger partial charge in [0.2, 0.25) is 10.0 Å². The molecule has 0 atom stereocenters. The molecule has 1 heterocycles. The summed E-state index contributed by atoms with van der Waals surface area (Å²) in [5, 5.41) is -0.498. The number of carbonyl (C=O) groups is 1. The highest BCUT2D eigenvalue weighted by atomic mass is 32.2. The number of nitrogens with one attached hydrogen (secondary N) is 1. The molecule has 7 heteroatoms. The maximum Gasteiger partial charge on any atom is 0.410 e. The van der Waals surface area contributed by atoms with Crippen molar-refractivity contribution in [2.75, 3.05) is 17.8 Å². The molecule has 1 aromatic rings. The third-order valence-corrected chi connectivity index (χ3v) is 5.74. The Kier molecular flexibility index (Phi) is 6.01. The minimum atomic E-state index is -3.38. The summed E-state index contributed by atoms with van der Waals surface area (Å²) in [5.41, 5.74) is 2.09. The predicted octanol–water partition coefficient (Wildman–Crippen LogP) is 3.86. The lowest BCUT2D eigenvalue weighted by Gasteiger charge is -2.29. The van der Waals surface area contributed by atoms with Crippen LogP contribution in [0.4, 0.5) is 10.5 Å². The van der Waals surface area contributed by atoms with Gasteiger partial charge in [0, 0.05) is 18.8 Å². The fourth-order valence-corrected chi connectivity index (χ4v) is 3.18. The average Bonchev–Trinajstić information content (AvgIpc) is 2.53.